The van der Waals surface area contributed by atoms with Gasteiger partial charge in [-0.25, -0.2) is 0 Å². The average molecular weight is 432 g/mol. The van der Waals surface area contributed by atoms with Gasteiger partial charge >= 0.3 is 0 Å². The maximum absolute atomic E-state index is 2.49. The van der Waals surface area contributed by atoms with Crippen molar-refractivity contribution in [1.82, 2.24) is 0 Å². The second-order valence-electron chi connectivity index (χ2n) is 6.71. The van der Waals surface area contributed by atoms with Gasteiger partial charge in [-0.2, -0.15) is 6.07 Å². The molecule has 0 fully saturated rings. The Morgan fingerprint density at radius 3 is 2.25 bits per heavy atom. The van der Waals surface area contributed by atoms with E-state index in [0.717, 1.165) is 0 Å². The van der Waals surface area contributed by atoms with Crippen molar-refractivity contribution < 1.29 is 25.8 Å². The van der Waals surface area contributed by atoms with E-state index in [2.05, 4.69) is 52.0 Å². The molecule has 0 nitrogen and oxygen atoms in total. The molecule has 0 atom stereocenters. The van der Waals surface area contributed by atoms with E-state index in [1.54, 1.807) is 11.1 Å². The van der Waals surface area contributed by atoms with E-state index in [-0.39, 0.29) is 25.8 Å². The zero-order valence-corrected chi connectivity index (χ0v) is 16.8. The molecule has 0 unspecified atom stereocenters. The number of rotatable bonds is 3. The summed E-state index contributed by atoms with van der Waals surface area (Å²) in [6.07, 6.45) is 5.18. The molecule has 0 spiro atoms. The minimum atomic E-state index is 0. The van der Waals surface area contributed by atoms with Crippen molar-refractivity contribution in [2.24, 2.45) is 5.41 Å². The third-order valence-electron chi connectivity index (χ3n) is 5.38. The fourth-order valence-corrected chi connectivity index (χ4v) is 3.82. The van der Waals surface area contributed by atoms with Crippen LogP contribution in [0.3, 0.4) is 0 Å². The first-order chi connectivity index (χ1) is 9.08. The number of hydrogen-bond acceptors (Lipinski definition) is 0. The van der Waals surface area contributed by atoms with Crippen LogP contribution < -0.4 is 0 Å². The second kappa shape index (κ2) is 5.83. The second-order valence-corrected chi connectivity index (χ2v) is 6.71. The molecule has 0 radical (unpaired) electrons. The Kier molecular flexibility index (Phi) is 4.69. The molecule has 106 valence electrons. The van der Waals surface area contributed by atoms with Crippen molar-refractivity contribution in [2.45, 2.75) is 59.3 Å². The minimum absolute atomic E-state index is 0. The summed E-state index contributed by atoms with van der Waals surface area (Å²) in [6.45, 7) is 9.30. The van der Waals surface area contributed by atoms with E-state index < -0.39 is 0 Å². The molecule has 20 heavy (non-hydrogen) atoms. The molecule has 0 heterocycles. The molecular weight excluding hydrogens is 407 g/mol. The maximum atomic E-state index is 2.49. The predicted octanol–water partition coefficient (Wildman–Crippen LogP) is 5.58. The van der Waals surface area contributed by atoms with Gasteiger partial charge in [0.15, 0.2) is 0 Å². The first-order valence-corrected chi connectivity index (χ1v) is 7.79. The van der Waals surface area contributed by atoms with Crippen LogP contribution in [0.5, 0.6) is 0 Å². The SMILES string of the molecule is CCC1(CC)Cc2cc3cc[c-](C(C)C)c3cc2C1.[Hf]. The van der Waals surface area contributed by atoms with Gasteiger partial charge in [-0.3, -0.25) is 0 Å². The van der Waals surface area contributed by atoms with Gasteiger partial charge in [0.25, 0.3) is 0 Å². The third-order valence-corrected chi connectivity index (χ3v) is 5.38. The maximum Gasteiger partial charge on any atom is 0 e. The van der Waals surface area contributed by atoms with Crippen molar-refractivity contribution in [2.75, 3.05) is 0 Å². The molecule has 0 aliphatic heterocycles. The minimum Gasteiger partial charge on any atom is -0.168 e. The van der Waals surface area contributed by atoms with Gasteiger partial charge in [0, 0.05) is 25.8 Å². The molecule has 1 aliphatic carbocycles. The summed E-state index contributed by atoms with van der Waals surface area (Å²) >= 11 is 0. The summed E-state index contributed by atoms with van der Waals surface area (Å²) in [5.74, 6) is 0.624. The van der Waals surface area contributed by atoms with E-state index in [1.165, 1.54) is 42.0 Å². The van der Waals surface area contributed by atoms with Crippen LogP contribution >= 0.6 is 0 Å². The van der Waals surface area contributed by atoms with Crippen molar-refractivity contribution >= 4 is 10.8 Å². The van der Waals surface area contributed by atoms with E-state index >= 15 is 0 Å². The smallest absolute Gasteiger partial charge is 0 e. The molecule has 0 amide bonds. The molecule has 2 aromatic rings. The van der Waals surface area contributed by atoms with E-state index in [4.69, 9.17) is 0 Å². The van der Waals surface area contributed by atoms with E-state index in [9.17, 15) is 0 Å². The fourth-order valence-electron chi connectivity index (χ4n) is 3.82. The van der Waals surface area contributed by atoms with Crippen LogP contribution in [-0.4, -0.2) is 0 Å². The van der Waals surface area contributed by atoms with Crippen LogP contribution in [0.4, 0.5) is 0 Å². The zero-order chi connectivity index (χ0) is 13.6. The third kappa shape index (κ3) is 2.47. The van der Waals surface area contributed by atoms with Gasteiger partial charge in [0.1, 0.15) is 0 Å². The molecule has 0 N–H and O–H groups in total. The van der Waals surface area contributed by atoms with Crippen LogP contribution in [-0.2, 0) is 38.7 Å². The number of benzene rings is 1. The quantitative estimate of drug-likeness (QED) is 0.439. The molecular formula is C19H25Hf-. The normalized spacial score (nSPS) is 16.4. The Hall–Kier alpha value is -0.300. The number of hydrogen-bond donors (Lipinski definition) is 0. The molecule has 0 bridgehead atoms. The van der Waals surface area contributed by atoms with Crippen LogP contribution in [0.25, 0.3) is 10.8 Å². The molecule has 1 heteroatoms. The van der Waals surface area contributed by atoms with Crippen molar-refractivity contribution in [1.29, 1.82) is 0 Å². The van der Waals surface area contributed by atoms with E-state index in [1.807, 2.05) is 0 Å². The van der Waals surface area contributed by atoms with Crippen molar-refractivity contribution in [3.8, 4) is 0 Å². The monoisotopic (exact) mass is 433 g/mol. The van der Waals surface area contributed by atoms with Gasteiger partial charge in [0.05, 0.1) is 0 Å². The summed E-state index contributed by atoms with van der Waals surface area (Å²) < 4.78 is 0. The van der Waals surface area contributed by atoms with Crippen LogP contribution in [0, 0.1) is 5.41 Å². The van der Waals surface area contributed by atoms with Gasteiger partial charge in [-0.05, 0) is 31.1 Å². The number of fused-ring (bicyclic) bond motifs is 2. The first-order valence-electron chi connectivity index (χ1n) is 7.79. The summed E-state index contributed by atoms with van der Waals surface area (Å²) in [5.41, 5.74) is 5.28. The Labute approximate surface area is 142 Å². The standard InChI is InChI=1S/C19H25.Hf/c1-5-19(6-2)11-15-9-14-7-8-17(13(3)4)18(14)10-16(15)12-19;/h7-10,13H,5-6,11-12H2,1-4H3;/q-1;. The fraction of sp³-hybridized carbons (Fsp3) is 0.526. The van der Waals surface area contributed by atoms with Gasteiger partial charge in [-0.1, -0.05) is 44.7 Å². The average Bonchev–Trinajstić information content (AvgIpc) is 2.96. The van der Waals surface area contributed by atoms with Crippen molar-refractivity contribution in [3.63, 3.8) is 0 Å². The predicted molar refractivity (Wildman–Crippen MR) is 84.1 cm³/mol. The molecule has 3 rings (SSSR count). The van der Waals surface area contributed by atoms with Gasteiger partial charge in [-0.15, -0.1) is 34.5 Å². The molecule has 0 saturated heterocycles. The Morgan fingerprint density at radius 2 is 1.70 bits per heavy atom. The Bertz CT molecular complexity index is 599. The first kappa shape index (κ1) is 16.1. The van der Waals surface area contributed by atoms with Crippen molar-refractivity contribution in [3.05, 3.63) is 41.0 Å². The van der Waals surface area contributed by atoms with Gasteiger partial charge in [0.2, 0.25) is 0 Å². The topological polar surface area (TPSA) is 0 Å². The zero-order valence-electron chi connectivity index (χ0n) is 13.2. The van der Waals surface area contributed by atoms with Gasteiger partial charge < -0.3 is 0 Å². The summed E-state index contributed by atoms with van der Waals surface area (Å²) in [7, 11) is 0. The molecule has 2 aromatic carbocycles. The molecule has 1 aliphatic rings. The summed E-state index contributed by atoms with van der Waals surface area (Å²) in [6, 6.07) is 9.58. The summed E-state index contributed by atoms with van der Waals surface area (Å²) in [5, 5.41) is 2.95. The van der Waals surface area contributed by atoms with Crippen LogP contribution in [0.1, 0.15) is 63.1 Å². The molecule has 0 aromatic heterocycles. The Morgan fingerprint density at radius 1 is 1.10 bits per heavy atom. The summed E-state index contributed by atoms with van der Waals surface area (Å²) in [4.78, 5) is 0. The largest absolute Gasteiger partial charge is 0.168 e. The van der Waals surface area contributed by atoms with Crippen LogP contribution in [0.2, 0.25) is 0 Å². The van der Waals surface area contributed by atoms with E-state index in [0.29, 0.717) is 11.3 Å². The molecule has 0 saturated carbocycles. The van der Waals surface area contributed by atoms with Crippen LogP contribution in [0.15, 0.2) is 24.3 Å². The Balaban J connectivity index is 0.00000147.